The summed E-state index contributed by atoms with van der Waals surface area (Å²) in [5, 5.41) is 9.55. The zero-order chi connectivity index (χ0) is 13.8. The molecule has 0 saturated carbocycles. The molecule has 1 saturated heterocycles. The topological polar surface area (TPSA) is 49.8 Å². The van der Waals surface area contributed by atoms with Crippen molar-refractivity contribution in [1.29, 1.82) is 0 Å². The van der Waals surface area contributed by atoms with Crippen molar-refractivity contribution in [2.24, 2.45) is 5.92 Å². The van der Waals surface area contributed by atoms with Crippen LogP contribution < -0.4 is 4.74 Å². The molecule has 4 nitrogen and oxygen atoms in total. The standard InChI is InChI=1S/C15H21NO3/c1-11(17)13-7-8-16(9-13)10-15(18)12-3-5-14(19-2)6-4-12/h3-6,11,13,17H,7-10H2,1-2H3. The van der Waals surface area contributed by atoms with Gasteiger partial charge >= 0.3 is 0 Å². The van der Waals surface area contributed by atoms with Gasteiger partial charge in [0.25, 0.3) is 0 Å². The molecule has 0 spiro atoms. The molecule has 2 atom stereocenters. The van der Waals surface area contributed by atoms with Crippen LogP contribution in [0.3, 0.4) is 0 Å². The number of nitrogens with zero attached hydrogens (tertiary/aromatic N) is 1. The van der Waals surface area contributed by atoms with Crippen molar-refractivity contribution in [2.75, 3.05) is 26.7 Å². The number of ether oxygens (including phenoxy) is 1. The molecule has 1 fully saturated rings. The van der Waals surface area contributed by atoms with E-state index in [0.717, 1.165) is 25.3 Å². The number of carbonyl (C=O) groups excluding carboxylic acids is 1. The molecule has 0 aliphatic carbocycles. The number of methoxy groups -OCH3 is 1. The lowest BCUT2D eigenvalue weighted by Crippen LogP contribution is -2.29. The maximum absolute atomic E-state index is 12.1. The number of benzene rings is 1. The first-order chi connectivity index (χ1) is 9.10. The van der Waals surface area contributed by atoms with Crippen molar-refractivity contribution >= 4 is 5.78 Å². The number of hydrogen-bond acceptors (Lipinski definition) is 4. The first-order valence-corrected chi connectivity index (χ1v) is 6.68. The van der Waals surface area contributed by atoms with E-state index in [1.807, 2.05) is 6.92 Å². The summed E-state index contributed by atoms with van der Waals surface area (Å²) >= 11 is 0. The van der Waals surface area contributed by atoms with Gasteiger partial charge in [-0.25, -0.2) is 0 Å². The Hall–Kier alpha value is -1.39. The van der Waals surface area contributed by atoms with Gasteiger partial charge in [0, 0.05) is 12.1 Å². The molecule has 19 heavy (non-hydrogen) atoms. The molecule has 2 rings (SSSR count). The summed E-state index contributed by atoms with van der Waals surface area (Å²) in [6, 6.07) is 7.19. The first kappa shape index (κ1) is 14.0. The Morgan fingerprint density at radius 1 is 1.47 bits per heavy atom. The van der Waals surface area contributed by atoms with Gasteiger partial charge in [-0.15, -0.1) is 0 Å². The van der Waals surface area contributed by atoms with Gasteiger partial charge in [-0.05, 0) is 50.1 Å². The van der Waals surface area contributed by atoms with E-state index in [0.29, 0.717) is 18.0 Å². The zero-order valence-electron chi connectivity index (χ0n) is 11.5. The molecule has 4 heteroatoms. The minimum atomic E-state index is -0.291. The smallest absolute Gasteiger partial charge is 0.176 e. The van der Waals surface area contributed by atoms with E-state index in [-0.39, 0.29) is 11.9 Å². The van der Waals surface area contributed by atoms with Gasteiger partial charge in [0.05, 0.1) is 19.8 Å². The fourth-order valence-electron chi connectivity index (χ4n) is 2.47. The van der Waals surface area contributed by atoms with E-state index in [2.05, 4.69) is 4.90 Å². The third kappa shape index (κ3) is 3.55. The minimum absolute atomic E-state index is 0.119. The van der Waals surface area contributed by atoms with E-state index in [4.69, 9.17) is 4.74 Å². The fourth-order valence-corrected chi connectivity index (χ4v) is 2.47. The van der Waals surface area contributed by atoms with Crippen molar-refractivity contribution in [2.45, 2.75) is 19.4 Å². The van der Waals surface area contributed by atoms with Crippen LogP contribution in [0.4, 0.5) is 0 Å². The number of hydrogen-bond donors (Lipinski definition) is 1. The van der Waals surface area contributed by atoms with Crippen LogP contribution in [0.2, 0.25) is 0 Å². The molecule has 1 aliphatic rings. The highest BCUT2D eigenvalue weighted by Crippen LogP contribution is 2.20. The lowest BCUT2D eigenvalue weighted by atomic mass is 10.0. The second-order valence-corrected chi connectivity index (χ2v) is 5.18. The number of aliphatic hydroxyl groups excluding tert-OH is 1. The number of aliphatic hydroxyl groups is 1. The largest absolute Gasteiger partial charge is 0.497 e. The van der Waals surface area contributed by atoms with Crippen LogP contribution in [0.25, 0.3) is 0 Å². The highest BCUT2D eigenvalue weighted by atomic mass is 16.5. The second kappa shape index (κ2) is 6.17. The fraction of sp³-hybridized carbons (Fsp3) is 0.533. The van der Waals surface area contributed by atoms with Gasteiger partial charge in [0.15, 0.2) is 5.78 Å². The predicted molar refractivity (Wildman–Crippen MR) is 73.6 cm³/mol. The number of rotatable bonds is 5. The van der Waals surface area contributed by atoms with Crippen molar-refractivity contribution in [1.82, 2.24) is 4.90 Å². The molecule has 1 aromatic carbocycles. The third-order valence-electron chi connectivity index (χ3n) is 3.77. The van der Waals surface area contributed by atoms with Crippen molar-refractivity contribution < 1.29 is 14.6 Å². The lowest BCUT2D eigenvalue weighted by Gasteiger charge is -2.16. The summed E-state index contributed by atoms with van der Waals surface area (Å²) in [5.74, 6) is 1.17. The van der Waals surface area contributed by atoms with Crippen LogP contribution >= 0.6 is 0 Å². The molecule has 2 unspecified atom stereocenters. The molecule has 0 bridgehead atoms. The Morgan fingerprint density at radius 2 is 2.16 bits per heavy atom. The maximum atomic E-state index is 12.1. The van der Waals surface area contributed by atoms with Crippen LogP contribution in [0, 0.1) is 5.92 Å². The van der Waals surface area contributed by atoms with E-state index >= 15 is 0 Å². The molecule has 0 radical (unpaired) electrons. The molecular weight excluding hydrogens is 242 g/mol. The Kier molecular flexibility index (Phi) is 4.56. The molecule has 0 amide bonds. The molecular formula is C15H21NO3. The summed E-state index contributed by atoms with van der Waals surface area (Å²) < 4.78 is 5.07. The van der Waals surface area contributed by atoms with Gasteiger partial charge in [0.1, 0.15) is 5.75 Å². The van der Waals surface area contributed by atoms with Gasteiger partial charge in [-0.1, -0.05) is 0 Å². The Labute approximate surface area is 114 Å². The first-order valence-electron chi connectivity index (χ1n) is 6.68. The summed E-state index contributed by atoms with van der Waals surface area (Å²) in [7, 11) is 1.61. The highest BCUT2D eigenvalue weighted by Gasteiger charge is 2.27. The quantitative estimate of drug-likeness (QED) is 0.819. The maximum Gasteiger partial charge on any atom is 0.176 e. The van der Waals surface area contributed by atoms with Crippen LogP contribution in [0.15, 0.2) is 24.3 Å². The normalized spacial score (nSPS) is 21.3. The molecule has 1 N–H and O–H groups in total. The van der Waals surface area contributed by atoms with Gasteiger partial charge in [-0.2, -0.15) is 0 Å². The summed E-state index contributed by atoms with van der Waals surface area (Å²) in [6.45, 7) is 3.94. The van der Waals surface area contributed by atoms with Crippen molar-refractivity contribution in [3.05, 3.63) is 29.8 Å². The average molecular weight is 263 g/mol. The predicted octanol–water partition coefficient (Wildman–Crippen LogP) is 1.58. The molecule has 1 aromatic rings. The number of carbonyl (C=O) groups is 1. The molecule has 1 aliphatic heterocycles. The Morgan fingerprint density at radius 3 is 2.68 bits per heavy atom. The van der Waals surface area contributed by atoms with E-state index in [1.165, 1.54) is 0 Å². The minimum Gasteiger partial charge on any atom is -0.497 e. The second-order valence-electron chi connectivity index (χ2n) is 5.18. The van der Waals surface area contributed by atoms with E-state index in [9.17, 15) is 9.90 Å². The van der Waals surface area contributed by atoms with Gasteiger partial charge in [-0.3, -0.25) is 9.69 Å². The highest BCUT2D eigenvalue weighted by molar-refractivity contribution is 5.97. The van der Waals surface area contributed by atoms with Crippen LogP contribution in [-0.2, 0) is 0 Å². The summed E-state index contributed by atoms with van der Waals surface area (Å²) in [6.07, 6.45) is 0.675. The Bertz CT molecular complexity index is 428. The van der Waals surface area contributed by atoms with E-state index < -0.39 is 0 Å². The molecule has 104 valence electrons. The Balaban J connectivity index is 1.90. The molecule has 1 heterocycles. The third-order valence-corrected chi connectivity index (χ3v) is 3.77. The van der Waals surface area contributed by atoms with Gasteiger partial charge in [0.2, 0.25) is 0 Å². The van der Waals surface area contributed by atoms with Gasteiger partial charge < -0.3 is 9.84 Å². The summed E-state index contributed by atoms with van der Waals surface area (Å²) in [4.78, 5) is 14.2. The van der Waals surface area contributed by atoms with E-state index in [1.54, 1.807) is 31.4 Å². The van der Waals surface area contributed by atoms with Crippen molar-refractivity contribution in [3.63, 3.8) is 0 Å². The SMILES string of the molecule is COc1ccc(C(=O)CN2CCC(C(C)O)C2)cc1. The molecule has 0 aromatic heterocycles. The number of ketones is 1. The number of likely N-dealkylation sites (tertiary alicyclic amines) is 1. The van der Waals surface area contributed by atoms with Crippen LogP contribution in [-0.4, -0.2) is 48.6 Å². The van der Waals surface area contributed by atoms with Crippen LogP contribution in [0.5, 0.6) is 5.75 Å². The average Bonchev–Trinajstić information content (AvgIpc) is 2.87. The lowest BCUT2D eigenvalue weighted by molar-refractivity contribution is 0.0925. The zero-order valence-corrected chi connectivity index (χ0v) is 11.5. The monoisotopic (exact) mass is 263 g/mol. The van der Waals surface area contributed by atoms with Crippen LogP contribution in [0.1, 0.15) is 23.7 Å². The van der Waals surface area contributed by atoms with Crippen molar-refractivity contribution in [3.8, 4) is 5.75 Å². The number of Topliss-reactive ketones (excluding diaryl/α,β-unsaturated/α-hetero) is 1. The summed E-state index contributed by atoms with van der Waals surface area (Å²) in [5.41, 5.74) is 0.710.